The van der Waals surface area contributed by atoms with Crippen LogP contribution in [0.2, 0.25) is 0 Å². The van der Waals surface area contributed by atoms with Crippen molar-refractivity contribution in [3.63, 3.8) is 0 Å². The number of carbonyl (C=O) groups is 1. The second-order valence-corrected chi connectivity index (χ2v) is 4.96. The minimum atomic E-state index is -0.526. The molecule has 1 heterocycles. The van der Waals surface area contributed by atoms with Crippen molar-refractivity contribution in [2.45, 2.75) is 0 Å². The summed E-state index contributed by atoms with van der Waals surface area (Å²) < 4.78 is 0. The predicted molar refractivity (Wildman–Crippen MR) is 86.9 cm³/mol. The molecule has 0 saturated carbocycles. The largest absolute Gasteiger partial charge is 0.368 e. The van der Waals surface area contributed by atoms with Gasteiger partial charge in [-0.25, -0.2) is 0 Å². The molecule has 2 aromatic carbocycles. The van der Waals surface area contributed by atoms with Crippen molar-refractivity contribution in [3.8, 4) is 0 Å². The van der Waals surface area contributed by atoms with Gasteiger partial charge in [-0.3, -0.25) is 19.9 Å². The molecule has 116 valence electrons. The molecule has 0 spiro atoms. The van der Waals surface area contributed by atoms with Gasteiger partial charge < -0.3 is 10.6 Å². The fraction of sp³-hybridized carbons (Fsp3) is 0.125. The highest BCUT2D eigenvalue weighted by Gasteiger charge is 2.16. The van der Waals surface area contributed by atoms with Crippen LogP contribution in [0.5, 0.6) is 0 Å². The first-order chi connectivity index (χ1) is 11.1. The first-order valence-electron chi connectivity index (χ1n) is 7.08. The number of carbonyl (C=O) groups excluding carboxylic acids is 1. The highest BCUT2D eigenvalue weighted by Crippen LogP contribution is 2.19. The fourth-order valence-corrected chi connectivity index (χ4v) is 2.33. The number of non-ortho nitro benzene ring substituents is 1. The number of para-hydroxylation sites is 1. The van der Waals surface area contributed by atoms with Gasteiger partial charge in [0.2, 0.25) is 0 Å². The van der Waals surface area contributed by atoms with Crippen molar-refractivity contribution in [2.75, 3.05) is 18.4 Å². The van der Waals surface area contributed by atoms with Crippen molar-refractivity contribution >= 4 is 23.1 Å². The minimum absolute atomic E-state index is 0.118. The number of amidine groups is 1. The third kappa shape index (κ3) is 3.18. The van der Waals surface area contributed by atoms with Crippen LogP contribution in [0.3, 0.4) is 0 Å². The van der Waals surface area contributed by atoms with E-state index in [0.29, 0.717) is 12.2 Å². The van der Waals surface area contributed by atoms with Crippen LogP contribution < -0.4 is 10.6 Å². The maximum Gasteiger partial charge on any atom is 0.270 e. The zero-order chi connectivity index (χ0) is 16.2. The lowest BCUT2D eigenvalue weighted by molar-refractivity contribution is -0.384. The van der Waals surface area contributed by atoms with E-state index in [1.807, 2.05) is 18.2 Å². The van der Waals surface area contributed by atoms with E-state index in [9.17, 15) is 14.9 Å². The molecule has 7 nitrogen and oxygen atoms in total. The van der Waals surface area contributed by atoms with E-state index >= 15 is 0 Å². The quantitative estimate of drug-likeness (QED) is 0.668. The zero-order valence-electron chi connectivity index (χ0n) is 12.2. The third-order valence-electron chi connectivity index (χ3n) is 3.42. The van der Waals surface area contributed by atoms with Crippen LogP contribution in [0.15, 0.2) is 53.5 Å². The van der Waals surface area contributed by atoms with Crippen molar-refractivity contribution in [2.24, 2.45) is 4.99 Å². The van der Waals surface area contributed by atoms with Gasteiger partial charge >= 0.3 is 0 Å². The summed E-state index contributed by atoms with van der Waals surface area (Å²) >= 11 is 0. The lowest BCUT2D eigenvalue weighted by Crippen LogP contribution is -2.22. The minimum Gasteiger partial charge on any atom is -0.368 e. The Morgan fingerprint density at radius 1 is 1.22 bits per heavy atom. The second kappa shape index (κ2) is 6.27. The molecule has 0 aromatic heterocycles. The molecule has 23 heavy (non-hydrogen) atoms. The van der Waals surface area contributed by atoms with Crippen molar-refractivity contribution in [1.82, 2.24) is 5.32 Å². The van der Waals surface area contributed by atoms with Gasteiger partial charge in [-0.15, -0.1) is 0 Å². The van der Waals surface area contributed by atoms with E-state index in [4.69, 9.17) is 0 Å². The van der Waals surface area contributed by atoms with Crippen LogP contribution in [-0.4, -0.2) is 29.8 Å². The van der Waals surface area contributed by atoms with E-state index in [-0.39, 0.29) is 11.3 Å². The zero-order valence-corrected chi connectivity index (χ0v) is 12.2. The number of nitrogens with one attached hydrogen (secondary N) is 2. The van der Waals surface area contributed by atoms with Crippen molar-refractivity contribution in [1.29, 1.82) is 0 Å². The Hall–Kier alpha value is -3.22. The summed E-state index contributed by atoms with van der Waals surface area (Å²) in [5.74, 6) is 0.333. The molecule has 2 aromatic rings. The molecule has 0 fully saturated rings. The molecule has 7 heteroatoms. The van der Waals surface area contributed by atoms with Crippen LogP contribution >= 0.6 is 0 Å². The number of aliphatic imine (C=N–C) groups is 1. The molecule has 0 aliphatic carbocycles. The molecule has 1 aliphatic heterocycles. The first-order valence-corrected chi connectivity index (χ1v) is 7.08. The fourth-order valence-electron chi connectivity index (χ4n) is 2.33. The number of hydrogen-bond acceptors (Lipinski definition) is 5. The molecule has 0 unspecified atom stereocenters. The second-order valence-electron chi connectivity index (χ2n) is 4.96. The molecular formula is C16H14N4O3. The number of nitrogens with zero attached hydrogens (tertiary/aromatic N) is 2. The Bertz CT molecular complexity index is 801. The van der Waals surface area contributed by atoms with Gasteiger partial charge in [-0.1, -0.05) is 18.2 Å². The smallest absolute Gasteiger partial charge is 0.270 e. The van der Waals surface area contributed by atoms with E-state index in [1.165, 1.54) is 24.3 Å². The lowest BCUT2D eigenvalue weighted by atomic mass is 10.1. The molecule has 0 bridgehead atoms. The Morgan fingerprint density at radius 2 is 2.04 bits per heavy atom. The highest BCUT2D eigenvalue weighted by atomic mass is 16.6. The van der Waals surface area contributed by atoms with Gasteiger partial charge in [-0.05, 0) is 18.2 Å². The standard InChI is InChI=1S/C16H14N4O3/c21-16(11-4-3-5-12(10-11)20(22)23)19-14-7-2-1-6-13(14)15-17-8-9-18-15/h1-7,10H,8-9H2,(H,17,18)(H,19,21). The monoisotopic (exact) mass is 310 g/mol. The number of anilines is 1. The Kier molecular flexibility index (Phi) is 4.01. The van der Waals surface area contributed by atoms with Crippen LogP contribution in [0, 0.1) is 10.1 Å². The summed E-state index contributed by atoms with van der Waals surface area (Å²) in [7, 11) is 0. The van der Waals surface area contributed by atoms with Crippen LogP contribution in [0.4, 0.5) is 11.4 Å². The predicted octanol–water partition coefficient (Wildman–Crippen LogP) is 2.20. The number of nitro groups is 1. The normalized spacial score (nSPS) is 13.1. The summed E-state index contributed by atoms with van der Waals surface area (Å²) in [6.07, 6.45) is 0. The average molecular weight is 310 g/mol. The molecule has 3 rings (SSSR count). The van der Waals surface area contributed by atoms with Crippen molar-refractivity contribution < 1.29 is 9.72 Å². The van der Waals surface area contributed by atoms with E-state index in [0.717, 1.165) is 17.9 Å². The average Bonchev–Trinajstić information content (AvgIpc) is 3.09. The van der Waals surface area contributed by atoms with Gasteiger partial charge in [-0.2, -0.15) is 0 Å². The van der Waals surface area contributed by atoms with Gasteiger partial charge in [0.1, 0.15) is 5.84 Å². The number of benzene rings is 2. The van der Waals surface area contributed by atoms with Gasteiger partial charge in [0, 0.05) is 29.8 Å². The summed E-state index contributed by atoms with van der Waals surface area (Å²) in [6.45, 7) is 1.46. The number of rotatable bonds is 4. The van der Waals surface area contributed by atoms with E-state index in [2.05, 4.69) is 15.6 Å². The maximum atomic E-state index is 12.4. The van der Waals surface area contributed by atoms with Crippen molar-refractivity contribution in [3.05, 3.63) is 69.8 Å². The van der Waals surface area contributed by atoms with Crippen LogP contribution in [0.25, 0.3) is 0 Å². The van der Waals surface area contributed by atoms with Gasteiger partial charge in [0.25, 0.3) is 11.6 Å². The number of amides is 1. The maximum absolute atomic E-state index is 12.4. The number of nitro benzene ring substituents is 1. The highest BCUT2D eigenvalue weighted by molar-refractivity contribution is 6.10. The Labute approximate surface area is 132 Å². The lowest BCUT2D eigenvalue weighted by Gasteiger charge is -2.11. The molecule has 0 saturated heterocycles. The summed E-state index contributed by atoms with van der Waals surface area (Å²) in [4.78, 5) is 27.0. The topological polar surface area (TPSA) is 96.6 Å². The van der Waals surface area contributed by atoms with Crippen LogP contribution in [0.1, 0.15) is 15.9 Å². The molecule has 0 atom stereocenters. The molecular weight excluding hydrogens is 296 g/mol. The third-order valence-corrected chi connectivity index (χ3v) is 3.42. The number of hydrogen-bond donors (Lipinski definition) is 2. The van der Waals surface area contributed by atoms with Gasteiger partial charge in [0.05, 0.1) is 17.2 Å². The molecule has 1 amide bonds. The Balaban J connectivity index is 1.86. The molecule has 1 aliphatic rings. The Morgan fingerprint density at radius 3 is 2.78 bits per heavy atom. The molecule has 2 N–H and O–H groups in total. The summed E-state index contributed by atoms with van der Waals surface area (Å²) in [6, 6.07) is 12.9. The van der Waals surface area contributed by atoms with E-state index < -0.39 is 10.8 Å². The SMILES string of the molecule is O=C(Nc1ccccc1C1=NCCN1)c1cccc([N+](=O)[O-])c1. The summed E-state index contributed by atoms with van der Waals surface area (Å²) in [5.41, 5.74) is 1.52. The van der Waals surface area contributed by atoms with E-state index in [1.54, 1.807) is 6.07 Å². The first kappa shape index (κ1) is 14.7. The van der Waals surface area contributed by atoms with Gasteiger partial charge in [0.15, 0.2) is 0 Å². The summed E-state index contributed by atoms with van der Waals surface area (Å²) in [5, 5.41) is 16.8. The molecule has 0 radical (unpaired) electrons. The van der Waals surface area contributed by atoms with Crippen LogP contribution in [-0.2, 0) is 0 Å².